The van der Waals surface area contributed by atoms with Crippen LogP contribution in [0.2, 0.25) is 0 Å². The molecule has 0 aliphatic heterocycles. The van der Waals surface area contributed by atoms with Crippen molar-refractivity contribution in [2.24, 2.45) is 0 Å². The summed E-state index contributed by atoms with van der Waals surface area (Å²) in [5, 5.41) is 1.37. The lowest BCUT2D eigenvalue weighted by Crippen LogP contribution is -2.55. The van der Waals surface area contributed by atoms with Crippen LogP contribution in [0.1, 0.15) is 67.7 Å². The molecule has 5 heteroatoms. The molecule has 0 fully saturated rings. The Balaban J connectivity index is 2.12. The van der Waals surface area contributed by atoms with Gasteiger partial charge in [-0.2, -0.15) is 0 Å². The highest BCUT2D eigenvalue weighted by Gasteiger charge is 2.29. The van der Waals surface area contributed by atoms with Gasteiger partial charge >= 0.3 is 0 Å². The summed E-state index contributed by atoms with van der Waals surface area (Å²) in [5.74, 6) is 0.0482. The number of rotatable bonds is 7. The molecule has 150 valence electrons. The number of hydrogen-bond donors (Lipinski definition) is 1. The zero-order valence-corrected chi connectivity index (χ0v) is 17.2. The molecule has 2 aromatic rings. The van der Waals surface area contributed by atoms with E-state index in [1.54, 1.807) is 42.5 Å². The normalized spacial score (nSPS) is 11.0. The lowest BCUT2D eigenvalue weighted by molar-refractivity contribution is 0.0358. The SMILES string of the molecule is CCCCCOc1cccc(C(=O)NN(C(=O)c2ccccc2)C(C)(C)C)c1. The van der Waals surface area contributed by atoms with Gasteiger partial charge in [0.1, 0.15) is 5.75 Å². The average molecular weight is 383 g/mol. The van der Waals surface area contributed by atoms with Gasteiger partial charge in [-0.25, -0.2) is 5.01 Å². The van der Waals surface area contributed by atoms with Crippen molar-refractivity contribution in [2.45, 2.75) is 52.5 Å². The third kappa shape index (κ3) is 6.12. The van der Waals surface area contributed by atoms with E-state index in [-0.39, 0.29) is 11.8 Å². The van der Waals surface area contributed by atoms with Crippen molar-refractivity contribution in [2.75, 3.05) is 6.61 Å². The number of benzene rings is 2. The van der Waals surface area contributed by atoms with Crippen molar-refractivity contribution in [3.8, 4) is 5.75 Å². The Labute approximate surface area is 167 Å². The third-order valence-corrected chi connectivity index (χ3v) is 4.22. The Hall–Kier alpha value is -2.82. The van der Waals surface area contributed by atoms with E-state index in [0.717, 1.165) is 19.3 Å². The summed E-state index contributed by atoms with van der Waals surface area (Å²) in [7, 11) is 0. The summed E-state index contributed by atoms with van der Waals surface area (Å²) in [6.45, 7) is 8.40. The molecule has 2 aromatic carbocycles. The Bertz CT molecular complexity index is 782. The summed E-state index contributed by atoms with van der Waals surface area (Å²) in [4.78, 5) is 25.7. The second kappa shape index (κ2) is 9.93. The number of carbonyl (C=O) groups is 2. The predicted octanol–water partition coefficient (Wildman–Crippen LogP) is 4.84. The Kier molecular flexibility index (Phi) is 7.61. The number of hydrazine groups is 1. The molecule has 0 spiro atoms. The molecule has 0 atom stereocenters. The Morgan fingerprint density at radius 1 is 0.964 bits per heavy atom. The second-order valence-electron chi connectivity index (χ2n) is 7.70. The van der Waals surface area contributed by atoms with Gasteiger partial charge in [-0.1, -0.05) is 44.0 Å². The van der Waals surface area contributed by atoms with E-state index in [4.69, 9.17) is 4.74 Å². The fourth-order valence-corrected chi connectivity index (χ4v) is 2.67. The molecule has 2 rings (SSSR count). The number of carbonyl (C=O) groups excluding carboxylic acids is 2. The van der Waals surface area contributed by atoms with E-state index in [9.17, 15) is 9.59 Å². The summed E-state index contributed by atoms with van der Waals surface area (Å²) in [6.07, 6.45) is 3.22. The zero-order valence-electron chi connectivity index (χ0n) is 17.2. The highest BCUT2D eigenvalue weighted by atomic mass is 16.5. The second-order valence-corrected chi connectivity index (χ2v) is 7.70. The molecule has 28 heavy (non-hydrogen) atoms. The van der Waals surface area contributed by atoms with Gasteiger partial charge in [0.05, 0.1) is 12.1 Å². The van der Waals surface area contributed by atoms with Gasteiger partial charge in [0.15, 0.2) is 0 Å². The van der Waals surface area contributed by atoms with Crippen LogP contribution in [0.4, 0.5) is 0 Å². The number of hydrogen-bond acceptors (Lipinski definition) is 3. The van der Waals surface area contributed by atoms with E-state index in [0.29, 0.717) is 23.5 Å². The lowest BCUT2D eigenvalue weighted by atomic mass is 10.1. The Morgan fingerprint density at radius 2 is 1.64 bits per heavy atom. The van der Waals surface area contributed by atoms with Crippen LogP contribution in [0.3, 0.4) is 0 Å². The van der Waals surface area contributed by atoms with E-state index >= 15 is 0 Å². The van der Waals surface area contributed by atoms with Gasteiger partial charge in [-0.05, 0) is 57.5 Å². The maximum Gasteiger partial charge on any atom is 0.272 e. The van der Waals surface area contributed by atoms with Crippen molar-refractivity contribution in [3.05, 3.63) is 65.7 Å². The fraction of sp³-hybridized carbons (Fsp3) is 0.391. The van der Waals surface area contributed by atoms with E-state index in [1.807, 2.05) is 32.9 Å². The maximum atomic E-state index is 12.9. The highest BCUT2D eigenvalue weighted by molar-refractivity contribution is 5.99. The standard InChI is InChI=1S/C23H30N2O3/c1-5-6-10-16-28-20-15-11-14-19(17-20)21(26)24-25(23(2,3)4)22(27)18-12-8-7-9-13-18/h7-9,11-15,17H,5-6,10,16H2,1-4H3,(H,24,26). The van der Waals surface area contributed by atoms with Crippen LogP contribution >= 0.6 is 0 Å². The lowest BCUT2D eigenvalue weighted by Gasteiger charge is -2.35. The first-order chi connectivity index (χ1) is 13.3. The molecule has 0 unspecified atom stereocenters. The van der Waals surface area contributed by atoms with Gasteiger partial charge in [-0.15, -0.1) is 0 Å². The van der Waals surface area contributed by atoms with Crippen molar-refractivity contribution < 1.29 is 14.3 Å². The molecular formula is C23H30N2O3. The summed E-state index contributed by atoms with van der Waals surface area (Å²) >= 11 is 0. The van der Waals surface area contributed by atoms with Crippen molar-refractivity contribution in [3.63, 3.8) is 0 Å². The zero-order chi connectivity index (χ0) is 20.6. The molecule has 0 aromatic heterocycles. The first kappa shape index (κ1) is 21.5. The summed E-state index contributed by atoms with van der Waals surface area (Å²) in [6, 6.07) is 15.9. The third-order valence-electron chi connectivity index (χ3n) is 4.22. The first-order valence-corrected chi connectivity index (χ1v) is 9.76. The van der Waals surface area contributed by atoms with Crippen LogP contribution in [0.15, 0.2) is 54.6 Å². The molecule has 0 saturated carbocycles. The van der Waals surface area contributed by atoms with Gasteiger partial charge in [0.2, 0.25) is 0 Å². The molecule has 5 nitrogen and oxygen atoms in total. The van der Waals surface area contributed by atoms with E-state index in [1.165, 1.54) is 5.01 Å². The molecule has 0 saturated heterocycles. The van der Waals surface area contributed by atoms with Crippen LogP contribution in [-0.2, 0) is 0 Å². The Morgan fingerprint density at radius 3 is 2.29 bits per heavy atom. The van der Waals surface area contributed by atoms with Gasteiger partial charge in [-0.3, -0.25) is 15.0 Å². The minimum absolute atomic E-state index is 0.256. The minimum atomic E-state index is -0.586. The molecule has 0 bridgehead atoms. The van der Waals surface area contributed by atoms with Gasteiger partial charge in [0, 0.05) is 11.1 Å². The van der Waals surface area contributed by atoms with Crippen LogP contribution in [0, 0.1) is 0 Å². The highest BCUT2D eigenvalue weighted by Crippen LogP contribution is 2.18. The molecule has 1 N–H and O–H groups in total. The van der Waals surface area contributed by atoms with Crippen molar-refractivity contribution >= 4 is 11.8 Å². The van der Waals surface area contributed by atoms with Crippen LogP contribution in [-0.4, -0.2) is 29.0 Å². The van der Waals surface area contributed by atoms with E-state index < -0.39 is 5.54 Å². The number of nitrogens with one attached hydrogen (secondary N) is 1. The molecular weight excluding hydrogens is 352 g/mol. The average Bonchev–Trinajstić information content (AvgIpc) is 2.69. The monoisotopic (exact) mass is 382 g/mol. The number of ether oxygens (including phenoxy) is 1. The topological polar surface area (TPSA) is 58.6 Å². The first-order valence-electron chi connectivity index (χ1n) is 9.76. The number of amides is 2. The molecule has 0 heterocycles. The largest absolute Gasteiger partial charge is 0.494 e. The number of unbranched alkanes of at least 4 members (excludes halogenated alkanes) is 2. The van der Waals surface area contributed by atoms with Crippen LogP contribution in [0.25, 0.3) is 0 Å². The maximum absolute atomic E-state index is 12.9. The fourth-order valence-electron chi connectivity index (χ4n) is 2.67. The summed E-state index contributed by atoms with van der Waals surface area (Å²) < 4.78 is 5.73. The summed E-state index contributed by atoms with van der Waals surface area (Å²) in [5.41, 5.74) is 3.14. The molecule has 0 radical (unpaired) electrons. The van der Waals surface area contributed by atoms with Crippen LogP contribution < -0.4 is 10.2 Å². The molecule has 2 amide bonds. The van der Waals surface area contributed by atoms with Gasteiger partial charge in [0.25, 0.3) is 11.8 Å². The van der Waals surface area contributed by atoms with Crippen molar-refractivity contribution in [1.82, 2.24) is 10.4 Å². The number of nitrogens with zero attached hydrogens (tertiary/aromatic N) is 1. The van der Waals surface area contributed by atoms with Gasteiger partial charge < -0.3 is 4.74 Å². The quantitative estimate of drug-likeness (QED) is 0.550. The van der Waals surface area contributed by atoms with Crippen molar-refractivity contribution in [1.29, 1.82) is 0 Å². The minimum Gasteiger partial charge on any atom is -0.494 e. The smallest absolute Gasteiger partial charge is 0.272 e. The predicted molar refractivity (Wildman–Crippen MR) is 111 cm³/mol. The van der Waals surface area contributed by atoms with Crippen LogP contribution in [0.5, 0.6) is 5.75 Å². The van der Waals surface area contributed by atoms with E-state index in [2.05, 4.69) is 12.3 Å². The molecule has 0 aliphatic rings. The molecule has 0 aliphatic carbocycles.